The molecule has 2 aromatic carbocycles. The number of benzene rings is 2. The predicted octanol–water partition coefficient (Wildman–Crippen LogP) is 3.91. The van der Waals surface area contributed by atoms with Gasteiger partial charge in [0.15, 0.2) is 11.7 Å². The molecule has 4 aromatic rings. The summed E-state index contributed by atoms with van der Waals surface area (Å²) in [7, 11) is 0. The minimum Gasteiger partial charge on any atom is -0.484 e. The van der Waals surface area contributed by atoms with Gasteiger partial charge in [0.05, 0.1) is 12.2 Å². The van der Waals surface area contributed by atoms with E-state index in [0.717, 1.165) is 21.3 Å². The molecule has 0 aliphatic carbocycles. The maximum absolute atomic E-state index is 12.7. The third-order valence-corrected chi connectivity index (χ3v) is 6.28. The average molecular weight is 445 g/mol. The average Bonchev–Trinajstić information content (AvgIpc) is 3.24. The molecule has 160 valence electrons. The van der Waals surface area contributed by atoms with E-state index < -0.39 is 0 Å². The molecule has 8 heteroatoms. The monoisotopic (exact) mass is 444 g/mol. The molecule has 5 rings (SSSR count). The quantitative estimate of drug-likeness (QED) is 0.505. The van der Waals surface area contributed by atoms with Gasteiger partial charge in [-0.2, -0.15) is 0 Å². The zero-order valence-corrected chi connectivity index (χ0v) is 18.0. The van der Waals surface area contributed by atoms with E-state index in [1.807, 2.05) is 42.5 Å². The van der Waals surface area contributed by atoms with E-state index in [1.165, 1.54) is 11.3 Å². The first kappa shape index (κ1) is 20.1. The molecule has 1 aliphatic rings. The van der Waals surface area contributed by atoms with Crippen molar-refractivity contribution in [3.63, 3.8) is 0 Å². The van der Waals surface area contributed by atoms with E-state index in [9.17, 15) is 9.59 Å². The zero-order chi connectivity index (χ0) is 21.9. The highest BCUT2D eigenvalue weighted by Crippen LogP contribution is 2.29. The second-order valence-electron chi connectivity index (χ2n) is 7.42. The van der Waals surface area contributed by atoms with Gasteiger partial charge in [-0.05, 0) is 35.0 Å². The highest BCUT2D eigenvalue weighted by atomic mass is 32.1. The largest absolute Gasteiger partial charge is 0.484 e. The van der Waals surface area contributed by atoms with Crippen molar-refractivity contribution < 1.29 is 14.3 Å². The standard InChI is InChI=1S/C24H20N4O3S/c29-22(15-31-18-9-8-16-5-1-2-6-17(16)13-18)28-12-10-19-21(14-28)32-24(26-19)27-23(30)20-7-3-4-11-25-20/h1-9,11,13H,10,12,14-15H2,(H,26,27,30). The molecule has 32 heavy (non-hydrogen) atoms. The Hall–Kier alpha value is -3.78. The van der Waals surface area contributed by atoms with Gasteiger partial charge in [-0.15, -0.1) is 0 Å². The van der Waals surface area contributed by atoms with Crippen LogP contribution in [0.5, 0.6) is 5.75 Å². The molecule has 0 fully saturated rings. The van der Waals surface area contributed by atoms with Gasteiger partial charge in [0.25, 0.3) is 11.8 Å². The van der Waals surface area contributed by atoms with E-state index in [0.29, 0.717) is 36.1 Å². The van der Waals surface area contributed by atoms with E-state index >= 15 is 0 Å². The zero-order valence-electron chi connectivity index (χ0n) is 17.2. The van der Waals surface area contributed by atoms with Crippen LogP contribution in [0.15, 0.2) is 66.9 Å². The van der Waals surface area contributed by atoms with Crippen LogP contribution in [0.3, 0.4) is 0 Å². The Morgan fingerprint density at radius 2 is 1.91 bits per heavy atom. The van der Waals surface area contributed by atoms with Crippen molar-refractivity contribution in [2.45, 2.75) is 13.0 Å². The molecule has 7 nitrogen and oxygen atoms in total. The summed E-state index contributed by atoms with van der Waals surface area (Å²) in [6.07, 6.45) is 2.22. The molecule has 0 atom stereocenters. The summed E-state index contributed by atoms with van der Waals surface area (Å²) in [5.41, 5.74) is 1.26. The molecule has 2 amide bonds. The minimum absolute atomic E-state index is 0.0181. The van der Waals surface area contributed by atoms with Gasteiger partial charge >= 0.3 is 0 Å². The van der Waals surface area contributed by atoms with Crippen LogP contribution < -0.4 is 10.1 Å². The molecule has 0 spiro atoms. The fourth-order valence-corrected chi connectivity index (χ4v) is 4.63. The summed E-state index contributed by atoms with van der Waals surface area (Å²) in [5.74, 6) is 0.303. The van der Waals surface area contributed by atoms with Crippen LogP contribution in [0.4, 0.5) is 5.13 Å². The topological polar surface area (TPSA) is 84.4 Å². The summed E-state index contributed by atoms with van der Waals surface area (Å²) in [4.78, 5) is 36.4. The molecule has 3 heterocycles. The number of thiazole rings is 1. The molecule has 1 N–H and O–H groups in total. The first-order chi connectivity index (χ1) is 15.7. The van der Waals surface area contributed by atoms with Crippen molar-refractivity contribution in [2.75, 3.05) is 18.5 Å². The summed E-state index contributed by atoms with van der Waals surface area (Å²) in [6.45, 7) is 1.02. The predicted molar refractivity (Wildman–Crippen MR) is 123 cm³/mol. The number of nitrogens with one attached hydrogen (secondary N) is 1. The Bertz CT molecular complexity index is 1290. The van der Waals surface area contributed by atoms with Crippen LogP contribution in [-0.2, 0) is 17.8 Å². The number of hydrogen-bond donors (Lipinski definition) is 1. The lowest BCUT2D eigenvalue weighted by Gasteiger charge is -2.26. The second kappa shape index (κ2) is 8.76. The number of carbonyl (C=O) groups is 2. The first-order valence-corrected chi connectivity index (χ1v) is 11.1. The number of rotatable bonds is 5. The van der Waals surface area contributed by atoms with Gasteiger partial charge in [0, 0.05) is 24.0 Å². The third kappa shape index (κ3) is 4.31. The lowest BCUT2D eigenvalue weighted by Crippen LogP contribution is -2.38. The van der Waals surface area contributed by atoms with Crippen LogP contribution >= 0.6 is 11.3 Å². The number of pyridine rings is 1. The van der Waals surface area contributed by atoms with Crippen LogP contribution in [0.25, 0.3) is 10.8 Å². The molecular weight excluding hydrogens is 424 g/mol. The third-order valence-electron chi connectivity index (χ3n) is 5.29. The molecule has 2 aromatic heterocycles. The smallest absolute Gasteiger partial charge is 0.276 e. The number of anilines is 1. The van der Waals surface area contributed by atoms with Crippen LogP contribution in [0.2, 0.25) is 0 Å². The number of amides is 2. The molecule has 0 bridgehead atoms. The molecule has 0 saturated carbocycles. The van der Waals surface area contributed by atoms with E-state index in [2.05, 4.69) is 15.3 Å². The highest BCUT2D eigenvalue weighted by molar-refractivity contribution is 7.15. The van der Waals surface area contributed by atoms with Crippen molar-refractivity contribution in [1.82, 2.24) is 14.9 Å². The number of carbonyl (C=O) groups excluding carboxylic acids is 2. The summed E-state index contributed by atoms with van der Waals surface area (Å²) < 4.78 is 5.76. The number of aromatic nitrogens is 2. The lowest BCUT2D eigenvalue weighted by atomic mass is 10.1. The summed E-state index contributed by atoms with van der Waals surface area (Å²) >= 11 is 1.39. The fraction of sp³-hybridized carbons (Fsp3) is 0.167. The van der Waals surface area contributed by atoms with Crippen LogP contribution in [0, 0.1) is 0 Å². The highest BCUT2D eigenvalue weighted by Gasteiger charge is 2.25. The molecule has 0 saturated heterocycles. The van der Waals surface area contributed by atoms with Gasteiger partial charge in [0.1, 0.15) is 11.4 Å². The van der Waals surface area contributed by atoms with Crippen LogP contribution in [-0.4, -0.2) is 39.8 Å². The van der Waals surface area contributed by atoms with Crippen molar-refractivity contribution >= 4 is 39.1 Å². The SMILES string of the molecule is O=C(Nc1nc2c(s1)CN(C(=O)COc1ccc3ccccc3c1)CC2)c1ccccn1. The Kier molecular flexibility index (Phi) is 5.51. The van der Waals surface area contributed by atoms with E-state index in [4.69, 9.17) is 4.74 Å². The van der Waals surface area contributed by atoms with Crippen molar-refractivity contribution in [3.8, 4) is 5.75 Å². The van der Waals surface area contributed by atoms with Gasteiger partial charge in [0.2, 0.25) is 0 Å². The van der Waals surface area contributed by atoms with Crippen molar-refractivity contribution in [3.05, 3.63) is 83.1 Å². The lowest BCUT2D eigenvalue weighted by molar-refractivity contribution is -0.134. The minimum atomic E-state index is -0.298. The Balaban J connectivity index is 1.20. The van der Waals surface area contributed by atoms with Gasteiger partial charge in [-0.3, -0.25) is 19.9 Å². The molecule has 0 unspecified atom stereocenters. The van der Waals surface area contributed by atoms with Crippen LogP contribution in [0.1, 0.15) is 21.1 Å². The van der Waals surface area contributed by atoms with E-state index in [-0.39, 0.29) is 18.4 Å². The Morgan fingerprint density at radius 3 is 2.75 bits per heavy atom. The Labute approximate surface area is 188 Å². The van der Waals surface area contributed by atoms with Gasteiger partial charge in [-0.25, -0.2) is 4.98 Å². The maximum atomic E-state index is 12.7. The number of nitrogens with zero attached hydrogens (tertiary/aromatic N) is 3. The van der Waals surface area contributed by atoms with Gasteiger partial charge in [-0.1, -0.05) is 47.7 Å². The number of fused-ring (bicyclic) bond motifs is 2. The van der Waals surface area contributed by atoms with E-state index in [1.54, 1.807) is 29.3 Å². The normalized spacial score (nSPS) is 12.9. The fourth-order valence-electron chi connectivity index (χ4n) is 3.61. The molecular formula is C24H20N4O3S. The van der Waals surface area contributed by atoms with Crippen molar-refractivity contribution in [2.24, 2.45) is 0 Å². The summed E-state index contributed by atoms with van der Waals surface area (Å²) in [5, 5.41) is 5.52. The van der Waals surface area contributed by atoms with Gasteiger partial charge < -0.3 is 9.64 Å². The molecule has 1 aliphatic heterocycles. The Morgan fingerprint density at radius 1 is 1.06 bits per heavy atom. The maximum Gasteiger partial charge on any atom is 0.276 e. The number of hydrogen-bond acceptors (Lipinski definition) is 6. The number of ether oxygens (including phenoxy) is 1. The second-order valence-corrected chi connectivity index (χ2v) is 8.50. The first-order valence-electron chi connectivity index (χ1n) is 10.3. The summed E-state index contributed by atoms with van der Waals surface area (Å²) in [6, 6.07) is 19.0. The molecule has 0 radical (unpaired) electrons. The van der Waals surface area contributed by atoms with Crippen molar-refractivity contribution in [1.29, 1.82) is 0 Å².